The van der Waals surface area contributed by atoms with Crippen LogP contribution in [0.2, 0.25) is 5.02 Å². The van der Waals surface area contributed by atoms with E-state index in [-0.39, 0.29) is 6.04 Å². The Morgan fingerprint density at radius 3 is 2.64 bits per heavy atom. The topological polar surface area (TPSA) is 73.9 Å². The Labute approximate surface area is 200 Å². The molecule has 1 fully saturated rings. The van der Waals surface area contributed by atoms with Gasteiger partial charge >= 0.3 is 11.8 Å². The number of rotatable bonds is 5. The summed E-state index contributed by atoms with van der Waals surface area (Å²) >= 11 is 6.12. The van der Waals surface area contributed by atoms with E-state index in [9.17, 15) is 9.59 Å². The van der Waals surface area contributed by atoms with E-state index >= 15 is 0 Å². The lowest BCUT2D eigenvalue weighted by Gasteiger charge is -2.36. The highest BCUT2D eigenvalue weighted by atomic mass is 35.5. The predicted octanol–water partition coefficient (Wildman–Crippen LogP) is 3.16. The molecule has 8 heteroatoms. The molecule has 1 atom stereocenters. The zero-order chi connectivity index (χ0) is 23.4. The van der Waals surface area contributed by atoms with Crippen LogP contribution in [0.5, 0.6) is 0 Å². The normalized spacial score (nSPS) is 17.2. The number of nitrogens with zero attached hydrogens (tertiary/aromatic N) is 2. The van der Waals surface area contributed by atoms with Crippen LogP contribution in [0.25, 0.3) is 0 Å². The van der Waals surface area contributed by atoms with Gasteiger partial charge in [0, 0.05) is 49.6 Å². The van der Waals surface area contributed by atoms with E-state index in [1.165, 1.54) is 11.3 Å². The van der Waals surface area contributed by atoms with E-state index in [2.05, 4.69) is 45.7 Å². The predicted molar refractivity (Wildman–Crippen MR) is 131 cm³/mol. The number of carbonyl (C=O) groups excluding carboxylic acids is 2. The van der Waals surface area contributed by atoms with E-state index in [4.69, 9.17) is 16.3 Å². The fourth-order valence-corrected chi connectivity index (χ4v) is 4.67. The number of amides is 2. The lowest BCUT2D eigenvalue weighted by molar-refractivity contribution is -0.136. The second-order valence-electron chi connectivity index (χ2n) is 8.71. The summed E-state index contributed by atoms with van der Waals surface area (Å²) in [4.78, 5) is 29.6. The second kappa shape index (κ2) is 10.5. The van der Waals surface area contributed by atoms with Crippen LogP contribution in [0.3, 0.4) is 0 Å². The van der Waals surface area contributed by atoms with Crippen LogP contribution in [0.1, 0.15) is 29.2 Å². The second-order valence-corrected chi connectivity index (χ2v) is 9.11. The van der Waals surface area contributed by atoms with Gasteiger partial charge in [-0.15, -0.1) is 0 Å². The van der Waals surface area contributed by atoms with Gasteiger partial charge in [-0.1, -0.05) is 29.8 Å². The minimum Gasteiger partial charge on any atom is -0.379 e. The number of hydrogen-bond donors (Lipinski definition) is 2. The Bertz CT molecular complexity index is 1020. The van der Waals surface area contributed by atoms with Crippen molar-refractivity contribution in [1.29, 1.82) is 0 Å². The van der Waals surface area contributed by atoms with E-state index in [0.29, 0.717) is 30.5 Å². The number of morpholine rings is 1. The monoisotopic (exact) mass is 470 g/mol. The maximum absolute atomic E-state index is 12.6. The van der Waals surface area contributed by atoms with Crippen LogP contribution in [0.15, 0.2) is 36.4 Å². The summed E-state index contributed by atoms with van der Waals surface area (Å²) in [5, 5.41) is 6.00. The van der Waals surface area contributed by atoms with Crippen molar-refractivity contribution >= 4 is 34.8 Å². The maximum Gasteiger partial charge on any atom is 0.313 e. The number of nitrogens with one attached hydrogen (secondary N) is 2. The molecule has 2 aromatic carbocycles. The number of fused-ring (bicyclic) bond motifs is 1. The standard InChI is InChI=1S/C25H31ClN4O3/c1-17-5-7-20(15-21(17)26)28-25(32)24(31)27-16-23(30-10-12-33-13-11-30)19-6-8-22-18(14-19)4-3-9-29(22)2/h5-8,14-15,23H,3-4,9-13,16H2,1-2H3,(H,27,31)(H,28,32)/t23-/m1/s1. The summed E-state index contributed by atoms with van der Waals surface area (Å²) in [7, 11) is 2.12. The molecule has 33 heavy (non-hydrogen) atoms. The number of benzene rings is 2. The highest BCUT2D eigenvalue weighted by Crippen LogP contribution is 2.31. The fourth-order valence-electron chi connectivity index (χ4n) is 4.49. The van der Waals surface area contributed by atoms with Crippen molar-refractivity contribution < 1.29 is 14.3 Å². The summed E-state index contributed by atoms with van der Waals surface area (Å²) in [5.74, 6) is -1.37. The first-order valence-corrected chi connectivity index (χ1v) is 11.8. The van der Waals surface area contributed by atoms with Gasteiger partial charge in [0.15, 0.2) is 0 Å². The van der Waals surface area contributed by atoms with Crippen LogP contribution in [-0.2, 0) is 20.7 Å². The number of aryl methyl sites for hydroxylation is 2. The fraction of sp³-hybridized carbons (Fsp3) is 0.440. The van der Waals surface area contributed by atoms with Crippen LogP contribution in [-0.4, -0.2) is 63.2 Å². The molecule has 0 radical (unpaired) electrons. The van der Waals surface area contributed by atoms with Crippen molar-refractivity contribution in [3.8, 4) is 0 Å². The van der Waals surface area contributed by atoms with Crippen LogP contribution in [0.4, 0.5) is 11.4 Å². The van der Waals surface area contributed by atoms with Crippen molar-refractivity contribution in [2.75, 3.05) is 56.7 Å². The van der Waals surface area contributed by atoms with Gasteiger partial charge in [-0.25, -0.2) is 0 Å². The molecule has 2 aliphatic heterocycles. The smallest absolute Gasteiger partial charge is 0.313 e. The molecule has 2 N–H and O–H groups in total. The first-order chi connectivity index (χ1) is 15.9. The zero-order valence-electron chi connectivity index (χ0n) is 19.2. The molecule has 0 unspecified atom stereocenters. The minimum atomic E-state index is -0.706. The Hall–Kier alpha value is -2.61. The number of hydrogen-bond acceptors (Lipinski definition) is 5. The zero-order valence-corrected chi connectivity index (χ0v) is 20.0. The molecule has 0 aromatic heterocycles. The van der Waals surface area contributed by atoms with E-state index in [0.717, 1.165) is 43.6 Å². The first kappa shape index (κ1) is 23.5. The van der Waals surface area contributed by atoms with Crippen molar-refractivity contribution in [3.05, 3.63) is 58.1 Å². The van der Waals surface area contributed by atoms with Gasteiger partial charge in [-0.3, -0.25) is 14.5 Å². The van der Waals surface area contributed by atoms with Gasteiger partial charge in [0.1, 0.15) is 0 Å². The summed E-state index contributed by atoms with van der Waals surface area (Å²) in [5.41, 5.74) is 5.15. The third-order valence-electron chi connectivity index (χ3n) is 6.42. The largest absolute Gasteiger partial charge is 0.379 e. The van der Waals surface area contributed by atoms with Gasteiger partial charge in [0.05, 0.1) is 19.3 Å². The molecule has 7 nitrogen and oxygen atoms in total. The van der Waals surface area contributed by atoms with Crippen LogP contribution < -0.4 is 15.5 Å². The SMILES string of the molecule is Cc1ccc(NC(=O)C(=O)NC[C@H](c2ccc3c(c2)CCCN3C)N2CCOCC2)cc1Cl. The maximum atomic E-state index is 12.6. The Balaban J connectivity index is 1.46. The van der Waals surface area contributed by atoms with Gasteiger partial charge in [-0.2, -0.15) is 0 Å². The Morgan fingerprint density at radius 2 is 1.88 bits per heavy atom. The molecular weight excluding hydrogens is 440 g/mol. The molecule has 1 saturated heterocycles. The minimum absolute atomic E-state index is 0.0306. The molecule has 0 aliphatic carbocycles. The average molecular weight is 471 g/mol. The third-order valence-corrected chi connectivity index (χ3v) is 6.82. The van der Waals surface area contributed by atoms with Crippen molar-refractivity contribution in [2.45, 2.75) is 25.8 Å². The van der Waals surface area contributed by atoms with Gasteiger partial charge in [-0.05, 0) is 54.7 Å². The highest BCUT2D eigenvalue weighted by Gasteiger charge is 2.26. The molecule has 2 heterocycles. The average Bonchev–Trinajstić information content (AvgIpc) is 2.82. The van der Waals surface area contributed by atoms with Gasteiger partial charge in [0.25, 0.3) is 0 Å². The molecule has 176 valence electrons. The molecule has 4 rings (SSSR count). The lowest BCUT2D eigenvalue weighted by atomic mass is 9.95. The van der Waals surface area contributed by atoms with E-state index in [1.807, 2.05) is 6.92 Å². The number of halogens is 1. The first-order valence-electron chi connectivity index (χ1n) is 11.4. The summed E-state index contributed by atoms with van der Waals surface area (Å²) in [6, 6.07) is 11.7. The van der Waals surface area contributed by atoms with E-state index < -0.39 is 11.8 Å². The third kappa shape index (κ3) is 5.66. The van der Waals surface area contributed by atoms with Crippen molar-refractivity contribution in [1.82, 2.24) is 10.2 Å². The van der Waals surface area contributed by atoms with Crippen LogP contribution >= 0.6 is 11.6 Å². The Morgan fingerprint density at radius 1 is 1.09 bits per heavy atom. The van der Waals surface area contributed by atoms with Gasteiger partial charge < -0.3 is 20.3 Å². The van der Waals surface area contributed by atoms with Crippen molar-refractivity contribution in [3.63, 3.8) is 0 Å². The molecule has 2 amide bonds. The molecular formula is C25H31ClN4O3. The van der Waals surface area contributed by atoms with Crippen molar-refractivity contribution in [2.24, 2.45) is 0 Å². The summed E-state index contributed by atoms with van der Waals surface area (Å²) in [6.07, 6.45) is 2.19. The molecule has 0 saturated carbocycles. The summed E-state index contributed by atoms with van der Waals surface area (Å²) in [6.45, 7) is 6.17. The van der Waals surface area contributed by atoms with Gasteiger partial charge in [0.2, 0.25) is 0 Å². The quantitative estimate of drug-likeness (QED) is 0.657. The lowest BCUT2D eigenvalue weighted by Crippen LogP contribution is -2.45. The van der Waals surface area contributed by atoms with E-state index in [1.54, 1.807) is 18.2 Å². The number of ether oxygens (including phenoxy) is 1. The molecule has 2 aromatic rings. The molecule has 0 spiro atoms. The number of carbonyl (C=O) groups is 2. The summed E-state index contributed by atoms with van der Waals surface area (Å²) < 4.78 is 5.53. The molecule has 0 bridgehead atoms. The Kier molecular flexibility index (Phi) is 7.53. The molecule has 2 aliphatic rings. The number of anilines is 2. The van der Waals surface area contributed by atoms with Crippen LogP contribution in [0, 0.1) is 6.92 Å². The highest BCUT2D eigenvalue weighted by molar-refractivity contribution is 6.39.